The fourth-order valence-electron chi connectivity index (χ4n) is 1.83. The van der Waals surface area contributed by atoms with Gasteiger partial charge in [-0.2, -0.15) is 4.31 Å². The van der Waals surface area contributed by atoms with Gasteiger partial charge >= 0.3 is 0 Å². The maximum atomic E-state index is 13.4. The lowest BCUT2D eigenvalue weighted by molar-refractivity contribution is 0.464. The average molecular weight is 312 g/mol. The van der Waals surface area contributed by atoms with Gasteiger partial charge in [0.05, 0.1) is 10.6 Å². The van der Waals surface area contributed by atoms with Crippen LogP contribution >= 0.6 is 0 Å². The molecule has 7 heteroatoms. The molecular formula is C14H14F2N2O2S. The summed E-state index contributed by atoms with van der Waals surface area (Å²) in [4.78, 5) is -0.201. The number of anilines is 1. The molecule has 2 aromatic carbocycles. The Morgan fingerprint density at radius 2 is 1.86 bits per heavy atom. The monoisotopic (exact) mass is 312 g/mol. The third kappa shape index (κ3) is 3.37. The molecule has 0 heterocycles. The van der Waals surface area contributed by atoms with E-state index in [-0.39, 0.29) is 17.1 Å². The third-order valence-electron chi connectivity index (χ3n) is 2.97. The molecule has 21 heavy (non-hydrogen) atoms. The third-order valence-corrected chi connectivity index (χ3v) is 4.77. The van der Waals surface area contributed by atoms with Gasteiger partial charge < -0.3 is 5.73 Å². The second-order valence-electron chi connectivity index (χ2n) is 4.57. The van der Waals surface area contributed by atoms with E-state index in [4.69, 9.17) is 5.73 Å². The molecule has 2 rings (SSSR count). The number of benzene rings is 2. The minimum atomic E-state index is -3.87. The van der Waals surface area contributed by atoms with Crippen molar-refractivity contribution in [1.82, 2.24) is 4.31 Å². The maximum Gasteiger partial charge on any atom is 0.243 e. The molecule has 0 unspecified atom stereocenters. The number of hydrogen-bond acceptors (Lipinski definition) is 3. The van der Waals surface area contributed by atoms with Gasteiger partial charge in [-0.15, -0.1) is 0 Å². The lowest BCUT2D eigenvalue weighted by atomic mass is 10.2. The highest BCUT2D eigenvalue weighted by Crippen LogP contribution is 2.20. The number of sulfonamides is 1. The van der Waals surface area contributed by atoms with E-state index in [1.54, 1.807) is 6.07 Å². The molecule has 2 N–H and O–H groups in total. The second-order valence-corrected chi connectivity index (χ2v) is 6.62. The second kappa shape index (κ2) is 5.79. The van der Waals surface area contributed by atoms with E-state index >= 15 is 0 Å². The molecule has 0 fully saturated rings. The number of nitrogen functional groups attached to an aromatic ring is 1. The van der Waals surface area contributed by atoms with Gasteiger partial charge in [0.1, 0.15) is 11.6 Å². The largest absolute Gasteiger partial charge is 0.396 e. The molecule has 112 valence electrons. The minimum absolute atomic E-state index is 0.0217. The summed E-state index contributed by atoms with van der Waals surface area (Å²) in [5, 5.41) is 0. The van der Waals surface area contributed by atoms with Crippen molar-refractivity contribution in [2.45, 2.75) is 11.4 Å². The van der Waals surface area contributed by atoms with Gasteiger partial charge in [-0.3, -0.25) is 0 Å². The summed E-state index contributed by atoms with van der Waals surface area (Å²) >= 11 is 0. The van der Waals surface area contributed by atoms with Gasteiger partial charge in [0.25, 0.3) is 0 Å². The zero-order chi connectivity index (χ0) is 15.6. The van der Waals surface area contributed by atoms with Crippen LogP contribution in [-0.2, 0) is 16.6 Å². The maximum absolute atomic E-state index is 13.4. The SMILES string of the molecule is CN(Cc1cccc(F)c1)S(=O)(=O)c1ccc(N)c(F)c1. The van der Waals surface area contributed by atoms with Gasteiger partial charge in [0.2, 0.25) is 10.0 Å². The van der Waals surface area contributed by atoms with Crippen LogP contribution in [0.2, 0.25) is 0 Å². The molecule has 0 aromatic heterocycles. The van der Waals surface area contributed by atoms with Crippen LogP contribution in [0.4, 0.5) is 14.5 Å². The van der Waals surface area contributed by atoms with E-state index in [9.17, 15) is 17.2 Å². The zero-order valence-electron chi connectivity index (χ0n) is 11.3. The Morgan fingerprint density at radius 1 is 1.14 bits per heavy atom. The van der Waals surface area contributed by atoms with E-state index < -0.39 is 21.7 Å². The van der Waals surface area contributed by atoms with Crippen molar-refractivity contribution in [2.75, 3.05) is 12.8 Å². The van der Waals surface area contributed by atoms with Gasteiger partial charge in [-0.05, 0) is 35.9 Å². The first-order chi connectivity index (χ1) is 9.80. The van der Waals surface area contributed by atoms with Crippen LogP contribution in [0.3, 0.4) is 0 Å². The standard InChI is InChI=1S/C14H14F2N2O2S/c1-18(9-10-3-2-4-11(15)7-10)21(19,20)12-5-6-14(17)13(16)8-12/h2-8H,9,17H2,1H3. The predicted octanol–water partition coefficient (Wildman–Crippen LogP) is 2.37. The number of nitrogens with two attached hydrogens (primary N) is 1. The van der Waals surface area contributed by atoms with Crippen LogP contribution in [0, 0.1) is 11.6 Å². The van der Waals surface area contributed by atoms with Crippen LogP contribution in [0.1, 0.15) is 5.56 Å². The summed E-state index contributed by atoms with van der Waals surface area (Å²) in [6, 6.07) is 8.91. The molecule has 4 nitrogen and oxygen atoms in total. The number of rotatable bonds is 4. The van der Waals surface area contributed by atoms with Crippen LogP contribution in [0.5, 0.6) is 0 Å². The first-order valence-electron chi connectivity index (χ1n) is 6.06. The summed E-state index contributed by atoms with van der Waals surface area (Å²) in [7, 11) is -2.53. The van der Waals surface area contributed by atoms with Crippen molar-refractivity contribution in [2.24, 2.45) is 0 Å². The lowest BCUT2D eigenvalue weighted by Gasteiger charge is -2.17. The highest BCUT2D eigenvalue weighted by Gasteiger charge is 2.22. The van der Waals surface area contributed by atoms with E-state index in [0.717, 1.165) is 10.4 Å². The molecule has 0 spiro atoms. The van der Waals surface area contributed by atoms with Crippen molar-refractivity contribution < 1.29 is 17.2 Å². The minimum Gasteiger partial charge on any atom is -0.396 e. The van der Waals surface area contributed by atoms with Crippen molar-refractivity contribution in [3.05, 3.63) is 59.7 Å². The van der Waals surface area contributed by atoms with E-state index in [0.29, 0.717) is 5.56 Å². The van der Waals surface area contributed by atoms with Gasteiger partial charge in [0.15, 0.2) is 0 Å². The first kappa shape index (κ1) is 15.4. The van der Waals surface area contributed by atoms with Crippen molar-refractivity contribution in [3.63, 3.8) is 0 Å². The summed E-state index contributed by atoms with van der Waals surface area (Å²) in [5.41, 5.74) is 5.70. The predicted molar refractivity (Wildman–Crippen MR) is 75.9 cm³/mol. The topological polar surface area (TPSA) is 63.4 Å². The summed E-state index contributed by atoms with van der Waals surface area (Å²) < 4.78 is 52.1. The zero-order valence-corrected chi connectivity index (χ0v) is 12.1. The van der Waals surface area contributed by atoms with Gasteiger partial charge in [-0.1, -0.05) is 12.1 Å². The lowest BCUT2D eigenvalue weighted by Crippen LogP contribution is -2.26. The van der Waals surface area contributed by atoms with E-state index in [2.05, 4.69) is 0 Å². The summed E-state index contributed by atoms with van der Waals surface area (Å²) in [6.45, 7) is -0.0217. The fourth-order valence-corrected chi connectivity index (χ4v) is 3.00. The molecular weight excluding hydrogens is 298 g/mol. The summed E-state index contributed by atoms with van der Waals surface area (Å²) in [5.74, 6) is -1.24. The quantitative estimate of drug-likeness (QED) is 0.882. The molecule has 0 aliphatic carbocycles. The highest BCUT2D eigenvalue weighted by atomic mass is 32.2. The molecule has 0 amide bonds. The van der Waals surface area contributed by atoms with Gasteiger partial charge in [0, 0.05) is 13.6 Å². The normalized spacial score (nSPS) is 11.8. The number of nitrogens with zero attached hydrogens (tertiary/aromatic N) is 1. The van der Waals surface area contributed by atoms with E-state index in [1.165, 1.54) is 37.4 Å². The molecule has 0 saturated heterocycles. The van der Waals surface area contributed by atoms with Crippen LogP contribution in [-0.4, -0.2) is 19.8 Å². The van der Waals surface area contributed by atoms with Gasteiger partial charge in [-0.25, -0.2) is 17.2 Å². The van der Waals surface area contributed by atoms with E-state index in [1.807, 2.05) is 0 Å². The van der Waals surface area contributed by atoms with Crippen molar-refractivity contribution >= 4 is 15.7 Å². The van der Waals surface area contributed by atoms with Crippen LogP contribution < -0.4 is 5.73 Å². The fraction of sp³-hybridized carbons (Fsp3) is 0.143. The van der Waals surface area contributed by atoms with Crippen molar-refractivity contribution in [3.8, 4) is 0 Å². The highest BCUT2D eigenvalue weighted by molar-refractivity contribution is 7.89. The Morgan fingerprint density at radius 3 is 2.48 bits per heavy atom. The molecule has 0 radical (unpaired) electrons. The Bertz CT molecular complexity index is 763. The molecule has 2 aromatic rings. The Labute approximate surface area is 121 Å². The molecule has 0 bridgehead atoms. The summed E-state index contributed by atoms with van der Waals surface area (Å²) in [6.07, 6.45) is 0. The Kier molecular flexibility index (Phi) is 4.24. The van der Waals surface area contributed by atoms with Crippen LogP contribution in [0.15, 0.2) is 47.4 Å². The average Bonchev–Trinajstić information content (AvgIpc) is 2.41. The van der Waals surface area contributed by atoms with Crippen LogP contribution in [0.25, 0.3) is 0 Å². The molecule has 0 aliphatic heterocycles. The molecule has 0 aliphatic rings. The smallest absolute Gasteiger partial charge is 0.243 e. The Balaban J connectivity index is 2.28. The number of hydrogen-bond donors (Lipinski definition) is 1. The Hall–Kier alpha value is -1.99. The number of halogens is 2. The molecule has 0 saturated carbocycles. The molecule has 0 atom stereocenters. The first-order valence-corrected chi connectivity index (χ1v) is 7.50. The van der Waals surface area contributed by atoms with Crippen molar-refractivity contribution in [1.29, 1.82) is 0 Å².